The van der Waals surface area contributed by atoms with Crippen LogP contribution in [0.25, 0.3) is 11.3 Å². The Balaban J connectivity index is 1.71. The molecule has 1 aromatic heterocycles. The summed E-state index contributed by atoms with van der Waals surface area (Å²) in [5.74, 6) is 0.268. The van der Waals surface area contributed by atoms with Crippen LogP contribution in [0.3, 0.4) is 0 Å². The number of H-pyrrole nitrogens is 1. The summed E-state index contributed by atoms with van der Waals surface area (Å²) >= 11 is 0. The lowest BCUT2D eigenvalue weighted by Crippen LogP contribution is -2.37. The molecule has 0 radical (unpaired) electrons. The molecular formula is C18H23N3O2. The van der Waals surface area contributed by atoms with Crippen LogP contribution in [0.1, 0.15) is 31.5 Å². The van der Waals surface area contributed by atoms with Gasteiger partial charge in [0.15, 0.2) is 0 Å². The summed E-state index contributed by atoms with van der Waals surface area (Å²) in [6.45, 7) is 3.39. The summed E-state index contributed by atoms with van der Waals surface area (Å²) in [5.41, 5.74) is 2.92. The van der Waals surface area contributed by atoms with E-state index in [1.807, 2.05) is 55.3 Å². The van der Waals surface area contributed by atoms with Gasteiger partial charge in [0.25, 0.3) is 0 Å². The van der Waals surface area contributed by atoms with Crippen molar-refractivity contribution in [2.45, 2.75) is 25.8 Å². The molecule has 1 aromatic carbocycles. The van der Waals surface area contributed by atoms with Crippen molar-refractivity contribution in [3.05, 3.63) is 42.1 Å². The minimum absolute atomic E-state index is 0.0321. The molecule has 1 amide bonds. The van der Waals surface area contributed by atoms with E-state index in [2.05, 4.69) is 10.2 Å². The van der Waals surface area contributed by atoms with E-state index >= 15 is 0 Å². The second-order valence-electron chi connectivity index (χ2n) is 6.09. The summed E-state index contributed by atoms with van der Waals surface area (Å²) in [7, 11) is 1.87. The molecule has 2 aromatic rings. The third-order valence-electron chi connectivity index (χ3n) is 4.62. The third kappa shape index (κ3) is 3.45. The van der Waals surface area contributed by atoms with Crippen molar-refractivity contribution in [2.75, 3.05) is 20.3 Å². The van der Waals surface area contributed by atoms with Gasteiger partial charge in [-0.05, 0) is 25.8 Å². The average molecular weight is 313 g/mol. The fraction of sp³-hybridized carbons (Fsp3) is 0.444. The zero-order chi connectivity index (χ0) is 16.2. The standard InChI is InChI=1S/C18H23N3O2/c1-13(21(2)18(22)15-8-10-23-11-9-15)16-12-17(20-19-16)14-6-4-3-5-7-14/h3-7,12-13,15H,8-11H2,1-2H3,(H,19,20). The van der Waals surface area contributed by atoms with Gasteiger partial charge < -0.3 is 9.64 Å². The first kappa shape index (κ1) is 15.7. The van der Waals surface area contributed by atoms with Gasteiger partial charge in [-0.15, -0.1) is 0 Å². The number of aromatic nitrogens is 2. The number of aromatic amines is 1. The topological polar surface area (TPSA) is 58.2 Å². The first-order valence-corrected chi connectivity index (χ1v) is 8.12. The molecule has 23 heavy (non-hydrogen) atoms. The van der Waals surface area contributed by atoms with E-state index in [1.54, 1.807) is 0 Å². The van der Waals surface area contributed by atoms with Gasteiger partial charge in [-0.1, -0.05) is 30.3 Å². The minimum atomic E-state index is -0.0321. The fourth-order valence-electron chi connectivity index (χ4n) is 2.94. The molecule has 1 atom stereocenters. The van der Waals surface area contributed by atoms with Gasteiger partial charge in [0.1, 0.15) is 0 Å². The van der Waals surface area contributed by atoms with Crippen molar-refractivity contribution in [3.8, 4) is 11.3 Å². The summed E-state index contributed by atoms with van der Waals surface area (Å²) < 4.78 is 5.34. The summed E-state index contributed by atoms with van der Waals surface area (Å²) in [6, 6.07) is 12.0. The van der Waals surface area contributed by atoms with E-state index in [9.17, 15) is 4.79 Å². The molecule has 1 N–H and O–H groups in total. The molecule has 1 fully saturated rings. The Labute approximate surface area is 136 Å². The van der Waals surface area contributed by atoms with E-state index < -0.39 is 0 Å². The normalized spacial score (nSPS) is 17.0. The molecule has 1 aliphatic rings. The van der Waals surface area contributed by atoms with Gasteiger partial charge in [-0.25, -0.2) is 0 Å². The quantitative estimate of drug-likeness (QED) is 0.944. The number of carbonyl (C=O) groups excluding carboxylic acids is 1. The highest BCUT2D eigenvalue weighted by Crippen LogP contribution is 2.26. The van der Waals surface area contributed by atoms with Crippen LogP contribution in [-0.4, -0.2) is 41.3 Å². The van der Waals surface area contributed by atoms with Crippen molar-refractivity contribution in [2.24, 2.45) is 5.92 Å². The van der Waals surface area contributed by atoms with Crippen molar-refractivity contribution in [1.29, 1.82) is 0 Å². The Morgan fingerprint density at radius 2 is 2.00 bits per heavy atom. The molecule has 0 spiro atoms. The van der Waals surface area contributed by atoms with Gasteiger partial charge in [0.05, 0.1) is 17.4 Å². The second-order valence-corrected chi connectivity index (χ2v) is 6.09. The fourth-order valence-corrected chi connectivity index (χ4v) is 2.94. The summed E-state index contributed by atoms with van der Waals surface area (Å²) in [4.78, 5) is 14.4. The molecule has 5 nitrogen and oxygen atoms in total. The van der Waals surface area contributed by atoms with Crippen LogP contribution < -0.4 is 0 Å². The van der Waals surface area contributed by atoms with Crippen LogP contribution in [0.2, 0.25) is 0 Å². The van der Waals surface area contributed by atoms with Gasteiger partial charge in [-0.2, -0.15) is 5.10 Å². The van der Waals surface area contributed by atoms with E-state index in [4.69, 9.17) is 4.74 Å². The van der Waals surface area contributed by atoms with Crippen LogP contribution in [0, 0.1) is 5.92 Å². The monoisotopic (exact) mass is 313 g/mol. The highest BCUT2D eigenvalue weighted by molar-refractivity contribution is 5.79. The number of carbonyl (C=O) groups is 1. The predicted molar refractivity (Wildman–Crippen MR) is 88.8 cm³/mol. The van der Waals surface area contributed by atoms with Crippen molar-refractivity contribution in [1.82, 2.24) is 15.1 Å². The largest absolute Gasteiger partial charge is 0.381 e. The highest BCUT2D eigenvalue weighted by Gasteiger charge is 2.28. The van der Waals surface area contributed by atoms with Gasteiger partial charge in [0, 0.05) is 31.7 Å². The van der Waals surface area contributed by atoms with Crippen LogP contribution in [0.15, 0.2) is 36.4 Å². The van der Waals surface area contributed by atoms with Gasteiger partial charge >= 0.3 is 0 Å². The van der Waals surface area contributed by atoms with Crippen molar-refractivity contribution < 1.29 is 9.53 Å². The molecule has 1 unspecified atom stereocenters. The number of benzene rings is 1. The lowest BCUT2D eigenvalue weighted by atomic mass is 9.98. The summed E-state index contributed by atoms with van der Waals surface area (Å²) in [6.07, 6.45) is 1.63. The second kappa shape index (κ2) is 6.96. The van der Waals surface area contributed by atoms with E-state index in [0.29, 0.717) is 13.2 Å². The molecule has 0 aliphatic carbocycles. The number of hydrogen-bond acceptors (Lipinski definition) is 3. The van der Waals surface area contributed by atoms with Gasteiger partial charge in [0.2, 0.25) is 5.91 Å². The molecule has 0 saturated carbocycles. The molecular weight excluding hydrogens is 290 g/mol. The van der Waals surface area contributed by atoms with Crippen LogP contribution in [0.5, 0.6) is 0 Å². The predicted octanol–water partition coefficient (Wildman–Crippen LogP) is 3.02. The molecule has 3 rings (SSSR count). The number of nitrogens with zero attached hydrogens (tertiary/aromatic N) is 2. The molecule has 1 saturated heterocycles. The Kier molecular flexibility index (Phi) is 4.76. The average Bonchev–Trinajstić information content (AvgIpc) is 3.11. The number of hydrogen-bond donors (Lipinski definition) is 1. The van der Waals surface area contributed by atoms with Crippen molar-refractivity contribution >= 4 is 5.91 Å². The van der Waals surface area contributed by atoms with E-state index in [0.717, 1.165) is 29.8 Å². The van der Waals surface area contributed by atoms with E-state index in [-0.39, 0.29) is 17.9 Å². The molecule has 122 valence electrons. The molecule has 2 heterocycles. The number of ether oxygens (including phenoxy) is 1. The van der Waals surface area contributed by atoms with Gasteiger partial charge in [-0.3, -0.25) is 9.89 Å². The summed E-state index contributed by atoms with van der Waals surface area (Å²) in [5, 5.41) is 7.45. The number of rotatable bonds is 4. The first-order chi connectivity index (χ1) is 11.2. The highest BCUT2D eigenvalue weighted by atomic mass is 16.5. The zero-order valence-electron chi connectivity index (χ0n) is 13.7. The molecule has 5 heteroatoms. The van der Waals surface area contributed by atoms with Crippen molar-refractivity contribution in [3.63, 3.8) is 0 Å². The number of amides is 1. The molecule has 0 bridgehead atoms. The number of nitrogens with one attached hydrogen (secondary N) is 1. The van der Waals surface area contributed by atoms with E-state index in [1.165, 1.54) is 0 Å². The Hall–Kier alpha value is -2.14. The van der Waals surface area contributed by atoms with Crippen LogP contribution >= 0.6 is 0 Å². The Morgan fingerprint density at radius 3 is 2.70 bits per heavy atom. The maximum absolute atomic E-state index is 12.6. The lowest BCUT2D eigenvalue weighted by molar-refractivity contribution is -0.139. The zero-order valence-corrected chi connectivity index (χ0v) is 13.7. The van der Waals surface area contributed by atoms with Crippen LogP contribution in [-0.2, 0) is 9.53 Å². The lowest BCUT2D eigenvalue weighted by Gasteiger charge is -2.30. The smallest absolute Gasteiger partial charge is 0.226 e. The SMILES string of the molecule is CC(c1cc(-c2ccccc2)n[nH]1)N(C)C(=O)C1CCOCC1. The Morgan fingerprint density at radius 1 is 1.30 bits per heavy atom. The maximum Gasteiger partial charge on any atom is 0.226 e. The third-order valence-corrected chi connectivity index (χ3v) is 4.62. The molecule has 1 aliphatic heterocycles. The minimum Gasteiger partial charge on any atom is -0.381 e. The first-order valence-electron chi connectivity index (χ1n) is 8.12. The Bertz CT molecular complexity index is 647. The van der Waals surface area contributed by atoms with Crippen LogP contribution in [0.4, 0.5) is 0 Å². The maximum atomic E-state index is 12.6.